The molecule has 5 nitrogen and oxygen atoms in total. The molecule has 10 heteroatoms. The monoisotopic (exact) mass is 518 g/mol. The van der Waals surface area contributed by atoms with E-state index in [1.807, 2.05) is 0 Å². The van der Waals surface area contributed by atoms with Crippen LogP contribution in [0.2, 0.25) is 25.1 Å². The zero-order valence-electron chi connectivity index (χ0n) is 16.8. The highest BCUT2D eigenvalue weighted by Gasteiger charge is 2.22. The Hall–Kier alpha value is -0.430. The number of ether oxygens (including phenoxy) is 1. The third-order valence-electron chi connectivity index (χ3n) is 4.41. The van der Waals surface area contributed by atoms with E-state index < -0.39 is 12.0 Å². The van der Waals surface area contributed by atoms with E-state index in [1.54, 1.807) is 6.92 Å². The van der Waals surface area contributed by atoms with Crippen LogP contribution < -0.4 is 15.8 Å². The van der Waals surface area contributed by atoms with Gasteiger partial charge in [0.15, 0.2) is 5.75 Å². The molecule has 1 rings (SSSR count). The first-order valence-electron chi connectivity index (χ1n) is 9.92. The second-order valence-electron chi connectivity index (χ2n) is 7.03. The summed E-state index contributed by atoms with van der Waals surface area (Å²) in [6.45, 7) is 2.34. The lowest BCUT2D eigenvalue weighted by Crippen LogP contribution is -2.38. The number of carbonyl (C=O) groups excluding carboxylic acids is 2. The van der Waals surface area contributed by atoms with Gasteiger partial charge in [0.1, 0.15) is 10.0 Å². The summed E-state index contributed by atoms with van der Waals surface area (Å²) >= 11 is 29.9. The molecule has 3 N–H and O–H groups in total. The van der Waals surface area contributed by atoms with Crippen molar-refractivity contribution < 1.29 is 14.3 Å². The van der Waals surface area contributed by atoms with Crippen LogP contribution in [-0.4, -0.2) is 24.5 Å². The predicted molar refractivity (Wildman–Crippen MR) is 125 cm³/mol. The fraction of sp³-hybridized carbons (Fsp3) is 0.600. The second-order valence-corrected chi connectivity index (χ2v) is 8.92. The highest BCUT2D eigenvalue weighted by molar-refractivity contribution is 6.55. The summed E-state index contributed by atoms with van der Waals surface area (Å²) in [6.07, 6.45) is 8.26. The largest absolute Gasteiger partial charge is 0.423 e. The summed E-state index contributed by atoms with van der Waals surface area (Å²) in [5.74, 6) is -0.637. The minimum Gasteiger partial charge on any atom is -0.423 e. The molecular weight excluding hydrogens is 493 g/mol. The van der Waals surface area contributed by atoms with Gasteiger partial charge in [-0.3, -0.25) is 9.59 Å². The molecular formula is C20H27Cl5N2O3. The van der Waals surface area contributed by atoms with Gasteiger partial charge >= 0.3 is 5.97 Å². The third-order valence-corrected chi connectivity index (χ3v) is 6.65. The van der Waals surface area contributed by atoms with E-state index >= 15 is 0 Å². The van der Waals surface area contributed by atoms with Crippen molar-refractivity contribution in [1.82, 2.24) is 5.32 Å². The molecule has 0 bridgehead atoms. The standard InChI is InChI=1S/C20H27Cl5N2O3/c1-12(26)20(29)27-11-9-7-5-3-2-4-6-8-10-13(28)30-19-17(24)15(22)14(21)16(23)18(19)25/h12H,2-11,26H2,1H3,(H,27,29)/t12-/m0/s1. The SMILES string of the molecule is C[C@H](N)C(=O)NCCCCCCCCCCC(=O)Oc1c(Cl)c(Cl)c(Cl)c(Cl)c1Cl. The number of hydrogen-bond donors (Lipinski definition) is 2. The number of halogens is 5. The first-order valence-corrected chi connectivity index (χ1v) is 11.8. The van der Waals surface area contributed by atoms with Gasteiger partial charge in [-0.25, -0.2) is 0 Å². The minimum atomic E-state index is -0.460. The summed E-state index contributed by atoms with van der Waals surface area (Å²) in [6, 6.07) is -0.460. The van der Waals surface area contributed by atoms with Crippen LogP contribution in [0.25, 0.3) is 0 Å². The summed E-state index contributed by atoms with van der Waals surface area (Å²) in [7, 11) is 0. The van der Waals surface area contributed by atoms with Gasteiger partial charge < -0.3 is 15.8 Å². The number of unbranched alkanes of at least 4 members (excludes halogenated alkanes) is 7. The lowest BCUT2D eigenvalue weighted by atomic mass is 10.1. The molecule has 0 aliphatic rings. The Bertz CT molecular complexity index is 700. The first-order chi connectivity index (χ1) is 14.2. The van der Waals surface area contributed by atoms with Gasteiger partial charge in [0.2, 0.25) is 5.91 Å². The number of rotatable bonds is 13. The van der Waals surface area contributed by atoms with Gasteiger partial charge in [0, 0.05) is 13.0 Å². The molecule has 0 spiro atoms. The Kier molecular flexibility index (Phi) is 13.4. The molecule has 0 saturated heterocycles. The van der Waals surface area contributed by atoms with E-state index in [4.69, 9.17) is 68.5 Å². The van der Waals surface area contributed by atoms with Crippen molar-refractivity contribution >= 4 is 69.9 Å². The molecule has 0 radical (unpaired) electrons. The smallest absolute Gasteiger partial charge is 0.311 e. The molecule has 0 fully saturated rings. The molecule has 1 atom stereocenters. The van der Waals surface area contributed by atoms with E-state index in [-0.39, 0.29) is 43.2 Å². The second kappa shape index (κ2) is 14.6. The number of amides is 1. The molecule has 1 aromatic rings. The maximum atomic E-state index is 12.1. The average Bonchev–Trinajstić information content (AvgIpc) is 2.71. The molecule has 0 aromatic heterocycles. The molecule has 0 heterocycles. The Balaban J connectivity index is 2.14. The zero-order valence-corrected chi connectivity index (χ0v) is 20.6. The number of benzene rings is 1. The van der Waals surface area contributed by atoms with Crippen molar-refractivity contribution in [1.29, 1.82) is 0 Å². The lowest BCUT2D eigenvalue weighted by molar-refractivity contribution is -0.134. The molecule has 0 saturated carbocycles. The predicted octanol–water partition coefficient (Wildman–Crippen LogP) is 6.83. The van der Waals surface area contributed by atoms with Crippen LogP contribution in [0.4, 0.5) is 0 Å². The summed E-state index contributed by atoms with van der Waals surface area (Å²) in [4.78, 5) is 23.4. The Labute approximate surface area is 202 Å². The maximum absolute atomic E-state index is 12.1. The molecule has 170 valence electrons. The van der Waals surface area contributed by atoms with Gasteiger partial charge in [-0.2, -0.15) is 0 Å². The average molecular weight is 521 g/mol. The van der Waals surface area contributed by atoms with E-state index in [0.29, 0.717) is 13.0 Å². The highest BCUT2D eigenvalue weighted by atomic mass is 35.5. The summed E-state index contributed by atoms with van der Waals surface area (Å²) < 4.78 is 5.24. The van der Waals surface area contributed by atoms with Gasteiger partial charge in [-0.1, -0.05) is 96.5 Å². The van der Waals surface area contributed by atoms with E-state index in [9.17, 15) is 9.59 Å². The number of carbonyl (C=O) groups is 2. The van der Waals surface area contributed by atoms with Gasteiger partial charge in [-0.15, -0.1) is 0 Å². The Morgan fingerprint density at radius 1 is 0.800 bits per heavy atom. The van der Waals surface area contributed by atoms with Crippen LogP contribution >= 0.6 is 58.0 Å². The van der Waals surface area contributed by atoms with Crippen LogP contribution in [0.3, 0.4) is 0 Å². The Morgan fingerprint density at radius 2 is 1.23 bits per heavy atom. The van der Waals surface area contributed by atoms with Crippen LogP contribution in [0, 0.1) is 0 Å². The fourth-order valence-electron chi connectivity index (χ4n) is 2.67. The third kappa shape index (κ3) is 9.37. The van der Waals surface area contributed by atoms with Crippen molar-refractivity contribution in [3.8, 4) is 5.75 Å². The molecule has 1 aromatic carbocycles. The molecule has 0 aliphatic carbocycles. The van der Waals surface area contributed by atoms with Crippen molar-refractivity contribution in [3.05, 3.63) is 25.1 Å². The Morgan fingerprint density at radius 3 is 1.73 bits per heavy atom. The van der Waals surface area contributed by atoms with E-state index in [1.165, 1.54) is 0 Å². The normalized spacial score (nSPS) is 12.0. The number of hydrogen-bond acceptors (Lipinski definition) is 4. The lowest BCUT2D eigenvalue weighted by Gasteiger charge is -2.12. The number of nitrogens with one attached hydrogen (secondary N) is 1. The van der Waals surface area contributed by atoms with Crippen LogP contribution in [0.5, 0.6) is 5.75 Å². The maximum Gasteiger partial charge on any atom is 0.311 e. The summed E-state index contributed by atoms with van der Waals surface area (Å²) in [5.41, 5.74) is 5.48. The van der Waals surface area contributed by atoms with Crippen LogP contribution in [0.15, 0.2) is 0 Å². The van der Waals surface area contributed by atoms with Gasteiger partial charge in [0.25, 0.3) is 0 Å². The highest BCUT2D eigenvalue weighted by Crippen LogP contribution is 2.48. The van der Waals surface area contributed by atoms with E-state index in [2.05, 4.69) is 5.32 Å². The summed E-state index contributed by atoms with van der Waals surface area (Å²) in [5, 5.41) is 2.72. The number of nitrogens with two attached hydrogens (primary N) is 1. The van der Waals surface area contributed by atoms with Crippen LogP contribution in [-0.2, 0) is 9.59 Å². The molecule has 0 aliphatic heterocycles. The van der Waals surface area contributed by atoms with Gasteiger partial charge in [0.05, 0.1) is 21.1 Å². The topological polar surface area (TPSA) is 81.4 Å². The van der Waals surface area contributed by atoms with Crippen LogP contribution in [0.1, 0.15) is 64.7 Å². The first kappa shape index (κ1) is 27.6. The van der Waals surface area contributed by atoms with Crippen molar-refractivity contribution in [2.24, 2.45) is 5.73 Å². The van der Waals surface area contributed by atoms with Crippen molar-refractivity contribution in [2.75, 3.05) is 6.54 Å². The zero-order chi connectivity index (χ0) is 22.7. The van der Waals surface area contributed by atoms with Gasteiger partial charge in [-0.05, 0) is 19.8 Å². The molecule has 0 unspecified atom stereocenters. The quantitative estimate of drug-likeness (QED) is 0.0982. The van der Waals surface area contributed by atoms with Crippen molar-refractivity contribution in [3.63, 3.8) is 0 Å². The molecule has 30 heavy (non-hydrogen) atoms. The minimum absolute atomic E-state index is 0.00754. The number of esters is 1. The fourth-order valence-corrected chi connectivity index (χ4v) is 3.86. The molecule has 1 amide bonds. The van der Waals surface area contributed by atoms with E-state index in [0.717, 1.165) is 44.9 Å². The van der Waals surface area contributed by atoms with Crippen molar-refractivity contribution in [2.45, 2.75) is 70.8 Å².